The normalized spacial score (nSPS) is 41.3. The van der Waals surface area contributed by atoms with Crippen LogP contribution in [0.25, 0.3) is 0 Å². The molecule has 2 heteroatoms. The van der Waals surface area contributed by atoms with Crippen LogP contribution in [-0.4, -0.2) is 10.7 Å². The van der Waals surface area contributed by atoms with Crippen LogP contribution < -0.4 is 0 Å². The minimum absolute atomic E-state index is 0.347. The van der Waals surface area contributed by atoms with Crippen molar-refractivity contribution < 1.29 is 5.11 Å². The lowest BCUT2D eigenvalue weighted by Crippen LogP contribution is -2.55. The Morgan fingerprint density at radius 3 is 2.63 bits per heavy atom. The smallest absolute Gasteiger partial charge is 0.0743 e. The van der Waals surface area contributed by atoms with E-state index >= 15 is 0 Å². The van der Waals surface area contributed by atoms with Crippen LogP contribution in [0.15, 0.2) is 22.3 Å². The first-order chi connectivity index (χ1) is 14.3. The van der Waals surface area contributed by atoms with Crippen molar-refractivity contribution in [3.05, 3.63) is 22.3 Å². The second-order valence-corrected chi connectivity index (χ2v) is 12.4. The van der Waals surface area contributed by atoms with Crippen LogP contribution in [0, 0.1) is 40.9 Å². The molecular weight excluding hydrogens is 479 g/mol. The van der Waals surface area contributed by atoms with Crippen molar-refractivity contribution in [2.45, 2.75) is 110 Å². The van der Waals surface area contributed by atoms with Gasteiger partial charge in [-0.1, -0.05) is 87.8 Å². The summed E-state index contributed by atoms with van der Waals surface area (Å²) in [6, 6.07) is 0. The van der Waals surface area contributed by atoms with E-state index in [4.69, 9.17) is 0 Å². The minimum Gasteiger partial charge on any atom is -0.389 e. The van der Waals surface area contributed by atoms with Crippen LogP contribution in [0.4, 0.5) is 0 Å². The van der Waals surface area contributed by atoms with E-state index in [2.05, 4.69) is 72.6 Å². The Hall–Kier alpha value is 0.170. The van der Waals surface area contributed by atoms with E-state index in [-0.39, 0.29) is 0 Å². The Balaban J connectivity index is 1.68. The van der Waals surface area contributed by atoms with E-state index in [0.717, 1.165) is 24.2 Å². The molecule has 1 nitrogen and oxygen atoms in total. The number of aliphatic hydroxyl groups is 1. The van der Waals surface area contributed by atoms with Gasteiger partial charge < -0.3 is 5.11 Å². The number of allylic oxidation sites excluding steroid dienone is 2. The molecule has 0 saturated heterocycles. The van der Waals surface area contributed by atoms with Crippen molar-refractivity contribution in [3.63, 3.8) is 0 Å². The number of hydrogen-bond acceptors (Lipinski definition) is 1. The zero-order chi connectivity index (χ0) is 21.8. The molecule has 0 unspecified atom stereocenters. The quantitative estimate of drug-likeness (QED) is 0.248. The maximum atomic E-state index is 12.1. The summed E-state index contributed by atoms with van der Waals surface area (Å²) in [6.45, 7) is 9.77. The van der Waals surface area contributed by atoms with Gasteiger partial charge in [-0.2, -0.15) is 0 Å². The molecule has 0 radical (unpaired) electrons. The molecule has 3 rings (SSSR count). The van der Waals surface area contributed by atoms with Gasteiger partial charge in [-0.25, -0.2) is 0 Å². The summed E-state index contributed by atoms with van der Waals surface area (Å²) in [5.74, 6) is 4.15. The SMILES string of the molecule is CC(C)CCC[C@@H](C)[C@H]1CC[C@@H]2[C@]1(C)CC[C@H]1CC[C@@H](CC/C=C\I)/C=C\C[C@]12O. The first-order valence-electron chi connectivity index (χ1n) is 13.0. The van der Waals surface area contributed by atoms with Crippen molar-refractivity contribution in [2.75, 3.05) is 0 Å². The third-order valence-electron chi connectivity index (χ3n) is 9.41. The van der Waals surface area contributed by atoms with Gasteiger partial charge in [0.2, 0.25) is 0 Å². The van der Waals surface area contributed by atoms with E-state index in [1.165, 1.54) is 70.6 Å². The van der Waals surface area contributed by atoms with E-state index in [1.807, 2.05) is 0 Å². The lowest BCUT2D eigenvalue weighted by molar-refractivity contribution is -0.149. The first kappa shape index (κ1) is 24.8. The summed E-state index contributed by atoms with van der Waals surface area (Å²) >= 11 is 2.32. The molecule has 0 heterocycles. The number of rotatable bonds is 8. The number of hydrogen-bond donors (Lipinski definition) is 1. The molecule has 30 heavy (non-hydrogen) atoms. The maximum absolute atomic E-state index is 12.1. The molecule has 7 atom stereocenters. The third kappa shape index (κ3) is 5.38. The largest absolute Gasteiger partial charge is 0.389 e. The van der Waals surface area contributed by atoms with Gasteiger partial charge in [0, 0.05) is 0 Å². The van der Waals surface area contributed by atoms with Gasteiger partial charge in [0.05, 0.1) is 5.60 Å². The van der Waals surface area contributed by atoms with E-state index in [0.29, 0.717) is 23.2 Å². The van der Waals surface area contributed by atoms with Gasteiger partial charge in [0.15, 0.2) is 0 Å². The lowest BCUT2D eigenvalue weighted by Gasteiger charge is -2.55. The third-order valence-corrected chi connectivity index (χ3v) is 9.92. The van der Waals surface area contributed by atoms with Gasteiger partial charge >= 0.3 is 0 Å². The van der Waals surface area contributed by atoms with E-state index < -0.39 is 5.60 Å². The van der Waals surface area contributed by atoms with Gasteiger partial charge in [0.25, 0.3) is 0 Å². The summed E-state index contributed by atoms with van der Waals surface area (Å²) in [7, 11) is 0. The van der Waals surface area contributed by atoms with Gasteiger partial charge in [-0.15, -0.1) is 0 Å². The maximum Gasteiger partial charge on any atom is 0.0743 e. The second kappa shape index (κ2) is 10.9. The molecule has 2 fully saturated rings. The molecule has 3 aliphatic carbocycles. The van der Waals surface area contributed by atoms with Crippen molar-refractivity contribution in [1.29, 1.82) is 0 Å². The molecule has 1 N–H and O–H groups in total. The van der Waals surface area contributed by atoms with Crippen LogP contribution in [-0.2, 0) is 0 Å². The van der Waals surface area contributed by atoms with Gasteiger partial charge in [-0.3, -0.25) is 0 Å². The highest BCUT2D eigenvalue weighted by Crippen LogP contribution is 2.64. The monoisotopic (exact) mass is 526 g/mol. The highest BCUT2D eigenvalue weighted by atomic mass is 127. The standard InChI is InChI=1S/C28H47IO/c1-21(2)9-7-10-22(3)25-15-16-26-27(25,4)19-17-24-14-13-23(11-5-6-20-29)12-8-18-28(24,26)30/h6,8,12,20-26,30H,5,7,9-11,13-19H2,1-4H3/b12-8-,20-6-/t22-,23+,24-,25-,26-,27-,28+/m1/s1. The zero-order valence-corrected chi connectivity index (χ0v) is 22.2. The van der Waals surface area contributed by atoms with Crippen LogP contribution in [0.5, 0.6) is 0 Å². The second-order valence-electron chi connectivity index (χ2n) is 11.7. The Kier molecular flexibility index (Phi) is 8.98. The van der Waals surface area contributed by atoms with Crippen LogP contribution in [0.3, 0.4) is 0 Å². The van der Waals surface area contributed by atoms with Crippen molar-refractivity contribution in [1.82, 2.24) is 0 Å². The van der Waals surface area contributed by atoms with Crippen molar-refractivity contribution in [2.24, 2.45) is 40.9 Å². The summed E-state index contributed by atoms with van der Waals surface area (Å²) in [5, 5.41) is 12.1. The number of halogens is 1. The average molecular weight is 527 g/mol. The van der Waals surface area contributed by atoms with Gasteiger partial charge in [-0.05, 0) is 103 Å². The molecular formula is C28H47IO. The highest BCUT2D eigenvalue weighted by molar-refractivity contribution is 14.1. The average Bonchev–Trinajstić information content (AvgIpc) is 3.04. The molecule has 0 aromatic carbocycles. The first-order valence-corrected chi connectivity index (χ1v) is 14.2. The lowest BCUT2D eigenvalue weighted by atomic mass is 9.52. The summed E-state index contributed by atoms with van der Waals surface area (Å²) < 4.78 is 2.14. The van der Waals surface area contributed by atoms with Crippen LogP contribution >= 0.6 is 22.6 Å². The van der Waals surface area contributed by atoms with Crippen molar-refractivity contribution >= 4 is 22.6 Å². The van der Waals surface area contributed by atoms with Gasteiger partial charge in [0.1, 0.15) is 0 Å². The van der Waals surface area contributed by atoms with Crippen LogP contribution in [0.1, 0.15) is 105 Å². The fourth-order valence-electron chi connectivity index (χ4n) is 7.73. The Morgan fingerprint density at radius 1 is 1.10 bits per heavy atom. The number of fused-ring (bicyclic) bond motifs is 3. The Bertz CT molecular complexity index is 595. The molecule has 0 amide bonds. The minimum atomic E-state index is -0.455. The molecule has 3 aliphatic rings. The zero-order valence-electron chi connectivity index (χ0n) is 20.1. The molecule has 0 aromatic rings. The highest BCUT2D eigenvalue weighted by Gasteiger charge is 2.60. The molecule has 0 aromatic heterocycles. The predicted molar refractivity (Wildman–Crippen MR) is 139 cm³/mol. The predicted octanol–water partition coefficient (Wildman–Crippen LogP) is 8.71. The summed E-state index contributed by atoms with van der Waals surface area (Å²) in [4.78, 5) is 0. The van der Waals surface area contributed by atoms with E-state index in [1.54, 1.807) is 0 Å². The summed E-state index contributed by atoms with van der Waals surface area (Å²) in [6.07, 6.45) is 22.2. The molecule has 2 saturated carbocycles. The van der Waals surface area contributed by atoms with Crippen molar-refractivity contribution in [3.8, 4) is 0 Å². The summed E-state index contributed by atoms with van der Waals surface area (Å²) in [5.41, 5.74) is -0.108. The fourth-order valence-corrected chi connectivity index (χ4v) is 8.09. The Labute approximate surface area is 200 Å². The molecule has 0 aliphatic heterocycles. The molecule has 0 spiro atoms. The molecule has 172 valence electrons. The topological polar surface area (TPSA) is 20.2 Å². The van der Waals surface area contributed by atoms with Crippen LogP contribution in [0.2, 0.25) is 0 Å². The molecule has 0 bridgehead atoms. The Morgan fingerprint density at radius 2 is 1.90 bits per heavy atom. The fraction of sp³-hybridized carbons (Fsp3) is 0.857. The van der Waals surface area contributed by atoms with E-state index in [9.17, 15) is 5.11 Å².